The molecule has 1 aromatic carbocycles. The maximum atomic E-state index is 13.0. The first-order valence-corrected chi connectivity index (χ1v) is 11.5. The monoisotopic (exact) mass is 477 g/mol. The number of aromatic nitrogens is 1. The van der Waals surface area contributed by atoms with Gasteiger partial charge in [0.15, 0.2) is 15.5 Å². The van der Waals surface area contributed by atoms with Crippen molar-refractivity contribution in [3.8, 4) is 11.5 Å². The third-order valence-electron chi connectivity index (χ3n) is 6.29. The lowest BCUT2D eigenvalue weighted by molar-refractivity contribution is -0.132. The summed E-state index contributed by atoms with van der Waals surface area (Å²) in [5.74, 6) is 1.11. The minimum absolute atomic E-state index is 0.121. The molecule has 32 heavy (non-hydrogen) atoms. The van der Waals surface area contributed by atoms with Crippen molar-refractivity contribution < 1.29 is 28.5 Å². The molecule has 2 aromatic rings. The molecular formula is C21H23N3O6S2. The van der Waals surface area contributed by atoms with Crippen LogP contribution in [0.15, 0.2) is 18.2 Å². The zero-order valence-electron chi connectivity index (χ0n) is 17.6. The SMILES string of the molecule is COC1CC2C(=O)Nc3c(C(=O)NCc4ccc5c(c4)OCO5)sc(=S)n3C2CC1OC. The van der Waals surface area contributed by atoms with Crippen LogP contribution >= 0.6 is 23.6 Å². The highest BCUT2D eigenvalue weighted by atomic mass is 32.1. The first-order valence-electron chi connectivity index (χ1n) is 10.3. The number of hydrogen-bond acceptors (Lipinski definition) is 8. The number of nitrogens with zero attached hydrogens (tertiary/aromatic N) is 1. The van der Waals surface area contributed by atoms with Crippen LogP contribution in [0.25, 0.3) is 0 Å². The molecule has 11 heteroatoms. The molecule has 3 aliphatic rings. The Morgan fingerprint density at radius 2 is 2.00 bits per heavy atom. The number of nitrogens with one attached hydrogen (secondary N) is 2. The van der Waals surface area contributed by atoms with Gasteiger partial charge < -0.3 is 34.1 Å². The summed E-state index contributed by atoms with van der Waals surface area (Å²) in [6.07, 6.45) is 0.813. The van der Waals surface area contributed by atoms with Gasteiger partial charge in [0.25, 0.3) is 5.91 Å². The van der Waals surface area contributed by atoms with Crippen molar-refractivity contribution in [1.29, 1.82) is 0 Å². The predicted molar refractivity (Wildman–Crippen MR) is 119 cm³/mol. The minimum Gasteiger partial charge on any atom is -0.454 e. The number of amides is 2. The fourth-order valence-electron chi connectivity index (χ4n) is 4.66. The fraction of sp³-hybridized carbons (Fsp3) is 0.476. The van der Waals surface area contributed by atoms with Crippen LogP contribution in [0.1, 0.15) is 34.1 Å². The predicted octanol–water partition coefficient (Wildman–Crippen LogP) is 2.87. The zero-order valence-corrected chi connectivity index (χ0v) is 19.2. The summed E-state index contributed by atoms with van der Waals surface area (Å²) in [6, 6.07) is 5.35. The van der Waals surface area contributed by atoms with Gasteiger partial charge in [0.1, 0.15) is 10.7 Å². The number of hydrogen-bond donors (Lipinski definition) is 2. The first-order chi connectivity index (χ1) is 15.5. The third kappa shape index (κ3) is 3.58. The van der Waals surface area contributed by atoms with Crippen molar-refractivity contribution in [2.75, 3.05) is 26.3 Å². The van der Waals surface area contributed by atoms with Gasteiger partial charge >= 0.3 is 0 Å². The normalized spacial score (nSPS) is 25.6. The van der Waals surface area contributed by atoms with Crippen LogP contribution in [0.5, 0.6) is 11.5 Å². The molecule has 5 rings (SSSR count). The molecule has 0 bridgehead atoms. The second-order valence-electron chi connectivity index (χ2n) is 7.97. The standard InChI is InChI=1S/C21H23N3O6S2/c1-27-14-6-11-12(7-15(14)28-2)24-18(23-19(11)25)17(32-21(24)31)20(26)22-8-10-3-4-13-16(5-10)30-9-29-13/h3-5,11-12,14-15H,6-9H2,1-2H3,(H,22,26)(H,23,25). The molecule has 0 saturated heterocycles. The molecule has 0 spiro atoms. The number of benzene rings is 1. The Kier molecular flexibility index (Phi) is 5.66. The Hall–Kier alpha value is -2.47. The molecule has 9 nitrogen and oxygen atoms in total. The van der Waals surface area contributed by atoms with Crippen LogP contribution in [-0.2, 0) is 20.8 Å². The molecule has 4 atom stereocenters. The zero-order chi connectivity index (χ0) is 22.4. The Balaban J connectivity index is 1.38. The van der Waals surface area contributed by atoms with Crippen LogP contribution in [0.2, 0.25) is 0 Å². The quantitative estimate of drug-likeness (QED) is 0.639. The number of ether oxygens (including phenoxy) is 4. The summed E-state index contributed by atoms with van der Waals surface area (Å²) in [4.78, 5) is 26.3. The third-order valence-corrected chi connectivity index (χ3v) is 7.69. The number of carbonyl (C=O) groups excluding carboxylic acids is 2. The van der Waals surface area contributed by atoms with Crippen LogP contribution in [0, 0.1) is 9.87 Å². The van der Waals surface area contributed by atoms with E-state index in [2.05, 4.69) is 10.6 Å². The van der Waals surface area contributed by atoms with Crippen molar-refractivity contribution >= 4 is 41.2 Å². The highest BCUT2D eigenvalue weighted by molar-refractivity contribution is 7.73. The van der Waals surface area contributed by atoms with Gasteiger partial charge in [-0.25, -0.2) is 0 Å². The molecule has 0 radical (unpaired) electrons. The van der Waals surface area contributed by atoms with Gasteiger partial charge in [-0.3, -0.25) is 9.59 Å². The lowest BCUT2D eigenvalue weighted by Gasteiger charge is -2.42. The molecule has 3 heterocycles. The lowest BCUT2D eigenvalue weighted by atomic mass is 9.79. The van der Waals surface area contributed by atoms with E-state index in [0.717, 1.165) is 5.56 Å². The van der Waals surface area contributed by atoms with Crippen molar-refractivity contribution in [2.45, 2.75) is 37.6 Å². The van der Waals surface area contributed by atoms with Gasteiger partial charge in [-0.2, -0.15) is 0 Å². The maximum absolute atomic E-state index is 13.0. The van der Waals surface area contributed by atoms with E-state index in [0.29, 0.717) is 45.5 Å². The second-order valence-corrected chi connectivity index (χ2v) is 9.61. The molecule has 1 fully saturated rings. The molecule has 1 aliphatic carbocycles. The Morgan fingerprint density at radius 3 is 2.78 bits per heavy atom. The summed E-state index contributed by atoms with van der Waals surface area (Å²) in [5, 5.41) is 5.83. The van der Waals surface area contributed by atoms with E-state index < -0.39 is 0 Å². The van der Waals surface area contributed by atoms with Gasteiger partial charge in [-0.05, 0) is 42.8 Å². The summed E-state index contributed by atoms with van der Waals surface area (Å²) >= 11 is 6.80. The Bertz CT molecular complexity index is 1130. The number of rotatable bonds is 5. The maximum Gasteiger partial charge on any atom is 0.265 e. The molecular weight excluding hydrogens is 454 g/mol. The number of thiazole rings is 1. The summed E-state index contributed by atoms with van der Waals surface area (Å²) in [6.45, 7) is 0.503. The van der Waals surface area contributed by atoms with Crippen LogP contribution in [-0.4, -0.2) is 49.6 Å². The van der Waals surface area contributed by atoms with E-state index in [1.807, 2.05) is 22.8 Å². The topological polar surface area (TPSA) is 100 Å². The average molecular weight is 478 g/mol. The summed E-state index contributed by atoms with van der Waals surface area (Å²) in [7, 11) is 3.27. The molecule has 1 saturated carbocycles. The fourth-order valence-corrected chi connectivity index (χ4v) is 6.04. The largest absolute Gasteiger partial charge is 0.454 e. The van der Waals surface area contributed by atoms with Gasteiger partial charge in [0.2, 0.25) is 12.7 Å². The number of methoxy groups -OCH3 is 2. The van der Waals surface area contributed by atoms with Crippen molar-refractivity contribution in [1.82, 2.24) is 9.88 Å². The molecule has 170 valence electrons. The number of fused-ring (bicyclic) bond motifs is 4. The van der Waals surface area contributed by atoms with Crippen LogP contribution in [0.4, 0.5) is 5.82 Å². The highest BCUT2D eigenvalue weighted by Gasteiger charge is 2.46. The number of carbonyl (C=O) groups is 2. The van der Waals surface area contributed by atoms with Gasteiger partial charge in [-0.1, -0.05) is 17.4 Å². The highest BCUT2D eigenvalue weighted by Crippen LogP contribution is 2.44. The lowest BCUT2D eigenvalue weighted by Crippen LogP contribution is -2.48. The Morgan fingerprint density at radius 1 is 1.25 bits per heavy atom. The van der Waals surface area contributed by atoms with E-state index in [4.69, 9.17) is 31.2 Å². The summed E-state index contributed by atoms with van der Waals surface area (Å²) < 4.78 is 24.3. The van der Waals surface area contributed by atoms with E-state index in [9.17, 15) is 9.59 Å². The Labute approximate surface area is 193 Å². The second kappa shape index (κ2) is 8.47. The average Bonchev–Trinajstić information content (AvgIpc) is 3.40. The van der Waals surface area contributed by atoms with E-state index in [-0.39, 0.29) is 42.8 Å². The molecule has 2 aliphatic heterocycles. The van der Waals surface area contributed by atoms with E-state index >= 15 is 0 Å². The van der Waals surface area contributed by atoms with Crippen molar-refractivity contribution in [2.24, 2.45) is 5.92 Å². The van der Waals surface area contributed by atoms with E-state index in [1.165, 1.54) is 11.3 Å². The minimum atomic E-state index is -0.292. The van der Waals surface area contributed by atoms with Crippen LogP contribution < -0.4 is 20.1 Å². The molecule has 1 aromatic heterocycles. The molecule has 4 unspecified atom stereocenters. The van der Waals surface area contributed by atoms with Crippen molar-refractivity contribution in [3.05, 3.63) is 32.6 Å². The van der Waals surface area contributed by atoms with E-state index in [1.54, 1.807) is 14.2 Å². The van der Waals surface area contributed by atoms with Gasteiger partial charge in [0.05, 0.1) is 24.2 Å². The van der Waals surface area contributed by atoms with Gasteiger partial charge in [0, 0.05) is 20.8 Å². The van der Waals surface area contributed by atoms with Gasteiger partial charge in [-0.15, -0.1) is 0 Å². The first kappa shape index (κ1) is 21.4. The molecule has 2 amide bonds. The molecule has 2 N–H and O–H groups in total. The van der Waals surface area contributed by atoms with Crippen LogP contribution in [0.3, 0.4) is 0 Å². The van der Waals surface area contributed by atoms with Crippen molar-refractivity contribution in [3.63, 3.8) is 0 Å². The smallest absolute Gasteiger partial charge is 0.265 e. The number of anilines is 1. The summed E-state index contributed by atoms with van der Waals surface area (Å²) in [5.41, 5.74) is 0.879.